The largest absolute Gasteiger partial charge is 0.573 e. The summed E-state index contributed by atoms with van der Waals surface area (Å²) in [4.78, 5) is 12.2. The molecule has 106 valence electrons. The number of alkyl halides is 3. The summed E-state index contributed by atoms with van der Waals surface area (Å²) in [6.45, 7) is 1.07. The summed E-state index contributed by atoms with van der Waals surface area (Å²) < 4.78 is 61.6. The van der Waals surface area contributed by atoms with Crippen LogP contribution in [0, 0.1) is 17.0 Å². The van der Waals surface area contributed by atoms with Gasteiger partial charge in [0.05, 0.1) is 0 Å². The lowest BCUT2D eigenvalue weighted by Gasteiger charge is -2.09. The van der Waals surface area contributed by atoms with Gasteiger partial charge in [0.25, 0.3) is 15.0 Å². The summed E-state index contributed by atoms with van der Waals surface area (Å²) in [6, 6.07) is 0.526. The summed E-state index contributed by atoms with van der Waals surface area (Å²) >= 11 is 0. The van der Waals surface area contributed by atoms with Gasteiger partial charge in [0.1, 0.15) is 0 Å². The number of sulfonamides is 1. The van der Waals surface area contributed by atoms with Gasteiger partial charge < -0.3 is 14.9 Å². The minimum atomic E-state index is -5.18. The molecule has 2 N–H and O–H groups in total. The fourth-order valence-electron chi connectivity index (χ4n) is 1.18. The molecule has 0 bridgehead atoms. The molecule has 8 nitrogen and oxygen atoms in total. The Bertz CT molecular complexity index is 628. The van der Waals surface area contributed by atoms with E-state index in [9.17, 15) is 31.7 Å². The minimum absolute atomic E-state index is 0.313. The van der Waals surface area contributed by atoms with Crippen LogP contribution in [0.3, 0.4) is 0 Å². The second-order valence-electron chi connectivity index (χ2n) is 3.28. The number of nitrogens with two attached hydrogens (primary N) is 1. The van der Waals surface area contributed by atoms with Crippen LogP contribution >= 0.6 is 0 Å². The molecule has 0 spiro atoms. The number of halogens is 3. The maximum atomic E-state index is 12.0. The van der Waals surface area contributed by atoms with Crippen LogP contribution in [0.15, 0.2) is 11.1 Å². The van der Waals surface area contributed by atoms with Gasteiger partial charge in [0, 0.05) is 5.56 Å². The van der Waals surface area contributed by atoms with E-state index in [-0.39, 0.29) is 5.56 Å². The standard InChI is InChI=1S/C7H6F3N3O5S/c1-3-2-4(18-7(8,9)10)5(13(14)15)12-6(3)19(11,16)17/h2H,1H3,(H2,11,16,17). The molecule has 0 aliphatic rings. The molecule has 0 saturated carbocycles. The first kappa shape index (κ1) is 15.1. The monoisotopic (exact) mass is 301 g/mol. The van der Waals surface area contributed by atoms with Crippen LogP contribution in [-0.4, -0.2) is 24.7 Å². The van der Waals surface area contributed by atoms with E-state index < -0.39 is 37.9 Å². The zero-order chi connectivity index (χ0) is 15.0. The van der Waals surface area contributed by atoms with E-state index in [0.717, 1.165) is 6.92 Å². The predicted octanol–water partition coefficient (Wildman–Crippen LogP) is 0.844. The number of hydrogen-bond acceptors (Lipinski definition) is 6. The van der Waals surface area contributed by atoms with Crippen LogP contribution in [-0.2, 0) is 10.0 Å². The van der Waals surface area contributed by atoms with Crippen LogP contribution in [0.2, 0.25) is 0 Å². The lowest BCUT2D eigenvalue weighted by atomic mass is 10.3. The van der Waals surface area contributed by atoms with E-state index in [4.69, 9.17) is 5.14 Å². The third-order valence-corrected chi connectivity index (χ3v) is 2.73. The van der Waals surface area contributed by atoms with E-state index in [2.05, 4.69) is 9.72 Å². The molecule has 0 atom stereocenters. The van der Waals surface area contributed by atoms with Crippen molar-refractivity contribution in [1.29, 1.82) is 0 Å². The highest BCUT2D eigenvalue weighted by Gasteiger charge is 2.37. The third-order valence-electron chi connectivity index (χ3n) is 1.78. The average molecular weight is 301 g/mol. The van der Waals surface area contributed by atoms with E-state index in [1.807, 2.05) is 0 Å². The molecule has 19 heavy (non-hydrogen) atoms. The van der Waals surface area contributed by atoms with Gasteiger partial charge in [-0.3, -0.25) is 0 Å². The van der Waals surface area contributed by atoms with Gasteiger partial charge in [-0.2, -0.15) is 0 Å². The molecule has 0 unspecified atom stereocenters. The van der Waals surface area contributed by atoms with E-state index >= 15 is 0 Å². The lowest BCUT2D eigenvalue weighted by Crippen LogP contribution is -2.20. The van der Waals surface area contributed by atoms with Crippen molar-refractivity contribution < 1.29 is 31.2 Å². The maximum absolute atomic E-state index is 12.0. The molecule has 0 radical (unpaired) electrons. The smallest absolute Gasteiger partial charge is 0.397 e. The fourth-order valence-corrected chi connectivity index (χ4v) is 1.90. The molecule has 0 aliphatic heterocycles. The second-order valence-corrected chi connectivity index (χ2v) is 4.76. The molecule has 12 heteroatoms. The van der Waals surface area contributed by atoms with E-state index in [1.165, 1.54) is 0 Å². The van der Waals surface area contributed by atoms with Crippen molar-refractivity contribution in [2.24, 2.45) is 5.14 Å². The molecule has 1 rings (SSSR count). The van der Waals surface area contributed by atoms with Crippen molar-refractivity contribution >= 4 is 15.8 Å². The number of hydrogen-bond donors (Lipinski definition) is 1. The number of primary sulfonamides is 1. The third kappa shape index (κ3) is 3.75. The average Bonchev–Trinajstić information content (AvgIpc) is 2.11. The summed E-state index contributed by atoms with van der Waals surface area (Å²) in [5.41, 5.74) is -0.313. The Morgan fingerprint density at radius 3 is 2.37 bits per heavy atom. The van der Waals surface area contributed by atoms with Crippen LogP contribution in [0.1, 0.15) is 5.56 Å². The molecule has 0 aromatic carbocycles. The Hall–Kier alpha value is -1.95. The highest BCUT2D eigenvalue weighted by Crippen LogP contribution is 2.32. The minimum Gasteiger partial charge on any atom is -0.397 e. The zero-order valence-electron chi connectivity index (χ0n) is 9.13. The number of rotatable bonds is 3. The maximum Gasteiger partial charge on any atom is 0.573 e. The fraction of sp³-hybridized carbons (Fsp3) is 0.286. The summed E-state index contributed by atoms with van der Waals surface area (Å²) in [6.07, 6.45) is -5.18. The van der Waals surface area contributed by atoms with Gasteiger partial charge in [-0.1, -0.05) is 0 Å². The SMILES string of the molecule is Cc1cc(OC(F)(F)F)c([N+](=O)[O-])nc1S(N)(=O)=O. The van der Waals surface area contributed by atoms with Gasteiger partial charge >= 0.3 is 12.2 Å². The molecule has 1 heterocycles. The van der Waals surface area contributed by atoms with Crippen molar-refractivity contribution in [1.82, 2.24) is 4.98 Å². The lowest BCUT2D eigenvalue weighted by molar-refractivity contribution is -0.393. The van der Waals surface area contributed by atoms with Gasteiger partial charge in [-0.15, -0.1) is 13.2 Å². The molecule has 1 aromatic rings. The van der Waals surface area contributed by atoms with E-state index in [1.54, 1.807) is 0 Å². The van der Waals surface area contributed by atoms with Crippen molar-refractivity contribution in [3.63, 3.8) is 0 Å². The molecule has 0 fully saturated rings. The Morgan fingerprint density at radius 1 is 1.47 bits per heavy atom. The molecule has 0 amide bonds. The van der Waals surface area contributed by atoms with Crippen LogP contribution in [0.4, 0.5) is 19.0 Å². The van der Waals surface area contributed by atoms with Crippen molar-refractivity contribution in [3.8, 4) is 5.75 Å². The van der Waals surface area contributed by atoms with Crippen LogP contribution in [0.25, 0.3) is 0 Å². The molecule has 0 aliphatic carbocycles. The van der Waals surface area contributed by atoms with Crippen molar-refractivity contribution in [3.05, 3.63) is 21.7 Å². The van der Waals surface area contributed by atoms with Crippen LogP contribution in [0.5, 0.6) is 5.75 Å². The molecular formula is C7H6F3N3O5S. The predicted molar refractivity (Wildman–Crippen MR) is 53.7 cm³/mol. The second kappa shape index (κ2) is 4.62. The van der Waals surface area contributed by atoms with Crippen molar-refractivity contribution in [2.75, 3.05) is 0 Å². The number of pyridine rings is 1. The van der Waals surface area contributed by atoms with Gasteiger partial charge in [0.15, 0.2) is 0 Å². The number of ether oxygens (including phenoxy) is 1. The number of nitro groups is 1. The molecule has 1 aromatic heterocycles. The quantitative estimate of drug-likeness (QED) is 0.651. The number of aromatic nitrogens is 1. The van der Waals surface area contributed by atoms with Gasteiger partial charge in [-0.05, 0) is 22.9 Å². The molecule has 0 saturated heterocycles. The normalized spacial score (nSPS) is 12.3. The van der Waals surface area contributed by atoms with E-state index in [0.29, 0.717) is 6.07 Å². The first-order valence-electron chi connectivity index (χ1n) is 4.36. The highest BCUT2D eigenvalue weighted by molar-refractivity contribution is 7.89. The first-order valence-corrected chi connectivity index (χ1v) is 5.91. The Kier molecular flexibility index (Phi) is 3.67. The summed E-state index contributed by atoms with van der Waals surface area (Å²) in [7, 11) is -4.40. The highest BCUT2D eigenvalue weighted by atomic mass is 32.2. The van der Waals surface area contributed by atoms with Crippen molar-refractivity contribution in [2.45, 2.75) is 18.3 Å². The van der Waals surface area contributed by atoms with Gasteiger partial charge in [-0.25, -0.2) is 13.6 Å². The number of aryl methyl sites for hydroxylation is 1. The Morgan fingerprint density at radius 2 is 2.00 bits per heavy atom. The topological polar surface area (TPSA) is 125 Å². The number of nitrogens with zero attached hydrogens (tertiary/aromatic N) is 2. The first-order chi connectivity index (χ1) is 8.42. The molecular weight excluding hydrogens is 295 g/mol. The zero-order valence-corrected chi connectivity index (χ0v) is 9.95. The van der Waals surface area contributed by atoms with Gasteiger partial charge in [0.2, 0.25) is 5.75 Å². The Balaban J connectivity index is 3.51. The summed E-state index contributed by atoms with van der Waals surface area (Å²) in [5, 5.41) is 14.4. The Labute approximate surface area is 104 Å². The van der Waals surface area contributed by atoms with Crippen LogP contribution < -0.4 is 9.88 Å². The summed E-state index contributed by atoms with van der Waals surface area (Å²) in [5.74, 6) is -2.62.